The van der Waals surface area contributed by atoms with E-state index in [0.29, 0.717) is 17.5 Å². The summed E-state index contributed by atoms with van der Waals surface area (Å²) in [5, 5.41) is 2.39. The molecule has 0 bridgehead atoms. The Morgan fingerprint density at radius 2 is 0.522 bits per heavy atom. The van der Waals surface area contributed by atoms with Crippen LogP contribution >= 0.6 is 0 Å². The number of rotatable bonds is 9. The van der Waals surface area contributed by atoms with Crippen LogP contribution in [0, 0.1) is 0 Å². The summed E-state index contributed by atoms with van der Waals surface area (Å²) >= 11 is 0. The van der Waals surface area contributed by atoms with Gasteiger partial charge in [0.1, 0.15) is 0 Å². The molecular formula is C63H42N4. The van der Waals surface area contributed by atoms with Gasteiger partial charge >= 0.3 is 0 Å². The minimum absolute atomic E-state index is 0.602. The topological polar surface area (TPSA) is 43.6 Å². The lowest BCUT2D eigenvalue weighted by Crippen LogP contribution is -2.02. The normalized spacial score (nSPS) is 11.3. The van der Waals surface area contributed by atoms with Crippen molar-refractivity contribution in [1.82, 2.24) is 19.5 Å². The highest BCUT2D eigenvalue weighted by Crippen LogP contribution is 2.41. The van der Waals surface area contributed by atoms with Crippen LogP contribution in [0.25, 0.3) is 117 Å². The Morgan fingerprint density at radius 1 is 0.224 bits per heavy atom. The summed E-state index contributed by atoms with van der Waals surface area (Å²) in [4.78, 5) is 15.6. The molecule has 0 spiro atoms. The molecule has 0 aliphatic rings. The molecule has 0 aliphatic heterocycles. The number of hydrogen-bond donors (Lipinski definition) is 0. The third-order valence-corrected chi connectivity index (χ3v) is 12.7. The molecule has 10 aromatic carbocycles. The van der Waals surface area contributed by atoms with Crippen molar-refractivity contribution in [1.29, 1.82) is 0 Å². The molecule has 12 rings (SSSR count). The van der Waals surface area contributed by atoms with Crippen LogP contribution < -0.4 is 0 Å². The maximum atomic E-state index is 5.24. The van der Waals surface area contributed by atoms with E-state index in [9.17, 15) is 0 Å². The van der Waals surface area contributed by atoms with Gasteiger partial charge in [-0.25, -0.2) is 15.0 Å². The fourth-order valence-electron chi connectivity index (χ4n) is 9.27. The Labute approximate surface area is 389 Å². The minimum Gasteiger partial charge on any atom is -0.309 e. The standard InChI is InChI=1S/C63H42N4/c1-6-16-43(17-7-1)47-26-30-50(31-27-47)61-64-62(51-32-28-48(29-33-51)44-18-8-2-9-19-44)66-63(65-61)54-36-39-58(55(42-54)49-24-14-5-15-25-49)67-59-37-34-52(45-20-10-3-11-21-45)40-56(59)57-41-53(35-38-60(57)67)46-22-12-4-13-23-46/h1-42H. The molecule has 4 heteroatoms. The predicted octanol–water partition coefficient (Wildman–Crippen LogP) is 16.3. The monoisotopic (exact) mass is 854 g/mol. The molecule has 0 atom stereocenters. The van der Waals surface area contributed by atoms with E-state index in [2.05, 4.69) is 247 Å². The molecule has 2 aromatic heterocycles. The van der Waals surface area contributed by atoms with Crippen LogP contribution in [-0.2, 0) is 0 Å². The first-order valence-electron chi connectivity index (χ1n) is 22.7. The predicted molar refractivity (Wildman–Crippen MR) is 278 cm³/mol. The van der Waals surface area contributed by atoms with Gasteiger partial charge in [-0.15, -0.1) is 0 Å². The van der Waals surface area contributed by atoms with Crippen LogP contribution in [0.15, 0.2) is 255 Å². The van der Waals surface area contributed by atoms with Gasteiger partial charge in [-0.3, -0.25) is 0 Å². The zero-order valence-corrected chi connectivity index (χ0v) is 36.5. The smallest absolute Gasteiger partial charge is 0.164 e. The fourth-order valence-corrected chi connectivity index (χ4v) is 9.27. The van der Waals surface area contributed by atoms with Crippen molar-refractivity contribution >= 4 is 21.8 Å². The van der Waals surface area contributed by atoms with Crippen LogP contribution in [0.3, 0.4) is 0 Å². The third-order valence-electron chi connectivity index (χ3n) is 12.7. The first-order valence-corrected chi connectivity index (χ1v) is 22.7. The van der Waals surface area contributed by atoms with Gasteiger partial charge in [0.05, 0.1) is 16.7 Å². The van der Waals surface area contributed by atoms with Gasteiger partial charge in [-0.2, -0.15) is 0 Å². The van der Waals surface area contributed by atoms with Crippen molar-refractivity contribution in [3.05, 3.63) is 255 Å². The Morgan fingerprint density at radius 3 is 0.925 bits per heavy atom. The van der Waals surface area contributed by atoms with E-state index in [-0.39, 0.29) is 0 Å². The summed E-state index contributed by atoms with van der Waals surface area (Å²) in [5.74, 6) is 1.83. The van der Waals surface area contributed by atoms with Crippen molar-refractivity contribution in [3.8, 4) is 95.5 Å². The van der Waals surface area contributed by atoms with Gasteiger partial charge in [0.2, 0.25) is 0 Å². The maximum Gasteiger partial charge on any atom is 0.164 e. The molecule has 2 heterocycles. The van der Waals surface area contributed by atoms with E-state index in [1.807, 2.05) is 12.1 Å². The molecule has 4 nitrogen and oxygen atoms in total. The van der Waals surface area contributed by atoms with Crippen molar-refractivity contribution in [3.63, 3.8) is 0 Å². The molecule has 0 N–H and O–H groups in total. The van der Waals surface area contributed by atoms with Crippen LogP contribution in [0.2, 0.25) is 0 Å². The molecule has 12 aromatic rings. The lowest BCUT2D eigenvalue weighted by Gasteiger charge is -2.16. The first-order chi connectivity index (χ1) is 33.2. The maximum absolute atomic E-state index is 5.24. The third kappa shape index (κ3) is 7.67. The lowest BCUT2D eigenvalue weighted by atomic mass is 9.99. The average molecular weight is 855 g/mol. The molecule has 0 saturated heterocycles. The van der Waals surface area contributed by atoms with Gasteiger partial charge in [0.25, 0.3) is 0 Å². The van der Waals surface area contributed by atoms with Crippen molar-refractivity contribution in [2.45, 2.75) is 0 Å². The zero-order chi connectivity index (χ0) is 44.5. The molecule has 0 fully saturated rings. The quantitative estimate of drug-likeness (QED) is 0.145. The van der Waals surface area contributed by atoms with E-state index in [1.165, 1.54) is 33.0 Å². The molecule has 0 unspecified atom stereocenters. The largest absolute Gasteiger partial charge is 0.309 e. The second-order valence-electron chi connectivity index (χ2n) is 16.8. The van der Waals surface area contributed by atoms with Gasteiger partial charge in [0.15, 0.2) is 17.5 Å². The van der Waals surface area contributed by atoms with Crippen LogP contribution in [0.5, 0.6) is 0 Å². The molecular weight excluding hydrogens is 813 g/mol. The second kappa shape index (κ2) is 17.2. The first kappa shape index (κ1) is 39.6. The van der Waals surface area contributed by atoms with Gasteiger partial charge in [0, 0.05) is 33.0 Å². The molecule has 0 saturated carbocycles. The highest BCUT2D eigenvalue weighted by Gasteiger charge is 2.20. The number of hydrogen-bond acceptors (Lipinski definition) is 3. The van der Waals surface area contributed by atoms with E-state index in [0.717, 1.165) is 66.8 Å². The summed E-state index contributed by atoms with van der Waals surface area (Å²) in [7, 11) is 0. The highest BCUT2D eigenvalue weighted by molar-refractivity contribution is 6.12. The number of benzene rings is 10. The Bertz CT molecular complexity index is 3480. The summed E-state index contributed by atoms with van der Waals surface area (Å²) in [5.41, 5.74) is 17.6. The van der Waals surface area contributed by atoms with E-state index in [1.54, 1.807) is 0 Å². The van der Waals surface area contributed by atoms with Crippen molar-refractivity contribution in [2.75, 3.05) is 0 Å². The summed E-state index contributed by atoms with van der Waals surface area (Å²) in [6, 6.07) is 90.2. The van der Waals surface area contributed by atoms with Gasteiger partial charge in [-0.1, -0.05) is 212 Å². The van der Waals surface area contributed by atoms with Gasteiger partial charge in [-0.05, 0) is 92.5 Å². The summed E-state index contributed by atoms with van der Waals surface area (Å²) < 4.78 is 2.42. The lowest BCUT2D eigenvalue weighted by molar-refractivity contribution is 1.07. The second-order valence-corrected chi connectivity index (χ2v) is 16.8. The van der Waals surface area contributed by atoms with Crippen molar-refractivity contribution < 1.29 is 0 Å². The SMILES string of the molecule is c1ccc(-c2ccc(-c3nc(-c4ccc(-c5ccccc5)cc4)nc(-c4ccc(-n5c6ccc(-c7ccccc7)cc6c6cc(-c7ccccc7)ccc65)c(-c5ccccc5)c4)n3)cc2)cc1. The Balaban J connectivity index is 1.04. The van der Waals surface area contributed by atoms with E-state index < -0.39 is 0 Å². The van der Waals surface area contributed by atoms with Crippen molar-refractivity contribution in [2.24, 2.45) is 0 Å². The summed E-state index contributed by atoms with van der Waals surface area (Å²) in [6.07, 6.45) is 0. The Kier molecular flexibility index (Phi) is 10.2. The van der Waals surface area contributed by atoms with E-state index in [4.69, 9.17) is 15.0 Å². The summed E-state index contributed by atoms with van der Waals surface area (Å²) in [6.45, 7) is 0. The molecule has 0 amide bonds. The number of nitrogens with zero attached hydrogens (tertiary/aromatic N) is 4. The fraction of sp³-hybridized carbons (Fsp3) is 0. The zero-order valence-electron chi connectivity index (χ0n) is 36.5. The molecule has 314 valence electrons. The number of aromatic nitrogens is 4. The molecule has 0 aliphatic carbocycles. The highest BCUT2D eigenvalue weighted by atomic mass is 15.0. The molecule has 67 heavy (non-hydrogen) atoms. The van der Waals surface area contributed by atoms with E-state index >= 15 is 0 Å². The molecule has 0 radical (unpaired) electrons. The minimum atomic E-state index is 0.602. The Hall–Kier alpha value is -8.99. The van der Waals surface area contributed by atoms with Crippen LogP contribution in [0.1, 0.15) is 0 Å². The van der Waals surface area contributed by atoms with Crippen LogP contribution in [0.4, 0.5) is 0 Å². The average Bonchev–Trinajstić information content (AvgIpc) is 3.74. The van der Waals surface area contributed by atoms with Crippen LogP contribution in [-0.4, -0.2) is 19.5 Å². The van der Waals surface area contributed by atoms with Gasteiger partial charge < -0.3 is 4.57 Å². The number of fused-ring (bicyclic) bond motifs is 3.